The van der Waals surface area contributed by atoms with Crippen LogP contribution in [0.15, 0.2) is 48.8 Å². The van der Waals surface area contributed by atoms with E-state index in [1.54, 1.807) is 35.6 Å². The molecule has 5 atom stereocenters. The highest BCUT2D eigenvalue weighted by Gasteiger charge is 2.50. The van der Waals surface area contributed by atoms with Gasteiger partial charge in [0.05, 0.1) is 17.7 Å². The van der Waals surface area contributed by atoms with Gasteiger partial charge in [-0.25, -0.2) is 14.5 Å². The standard InChI is InChI=1S/C40H49N5O4S/c1-7-49-39(48)45(38(47)44-15-12-28(22-44)26-10-13-41-14-11-26)21-25(4)33-30-19-32(40(5,6)36(46)34-27-8-9-31(34)42-20-27)50-37(30)43-35(33)29-17-23(2)16-24(3)18-29/h10-11,13-14,16-19,25,27-28,31,34,42-43H,7-9,12,15,20-22H2,1-6H3. The molecule has 2 aliphatic heterocycles. The number of benzene rings is 1. The van der Waals surface area contributed by atoms with Gasteiger partial charge in [-0.15, -0.1) is 11.3 Å². The summed E-state index contributed by atoms with van der Waals surface area (Å²) in [5, 5.41) is 4.60. The molecule has 264 valence electrons. The van der Waals surface area contributed by atoms with Gasteiger partial charge in [0.2, 0.25) is 0 Å². The molecule has 2 N–H and O–H groups in total. The van der Waals surface area contributed by atoms with E-state index in [0.29, 0.717) is 24.8 Å². The van der Waals surface area contributed by atoms with Crippen molar-refractivity contribution in [2.45, 2.75) is 84.1 Å². The molecule has 3 aliphatic rings. The molecule has 9 nitrogen and oxygen atoms in total. The Balaban J connectivity index is 1.23. The number of ether oxygens (including phenoxy) is 1. The Kier molecular flexibility index (Phi) is 9.37. The van der Waals surface area contributed by atoms with Gasteiger partial charge in [-0.1, -0.05) is 24.1 Å². The van der Waals surface area contributed by atoms with E-state index in [1.807, 2.05) is 12.1 Å². The number of ketones is 1. The summed E-state index contributed by atoms with van der Waals surface area (Å²) in [7, 11) is 0. The number of pyridine rings is 1. The van der Waals surface area contributed by atoms with Crippen molar-refractivity contribution in [3.05, 3.63) is 75.9 Å². The smallest absolute Gasteiger partial charge is 0.417 e. The van der Waals surface area contributed by atoms with E-state index in [2.05, 4.69) is 74.2 Å². The van der Waals surface area contributed by atoms with Gasteiger partial charge in [0, 0.05) is 66.1 Å². The lowest BCUT2D eigenvalue weighted by Gasteiger charge is -2.29. The predicted octanol–water partition coefficient (Wildman–Crippen LogP) is 7.92. The number of aromatic amines is 1. The van der Waals surface area contributed by atoms with Gasteiger partial charge < -0.3 is 19.9 Å². The van der Waals surface area contributed by atoms with Gasteiger partial charge in [0.1, 0.15) is 10.6 Å². The monoisotopic (exact) mass is 695 g/mol. The van der Waals surface area contributed by atoms with E-state index < -0.39 is 11.5 Å². The van der Waals surface area contributed by atoms with Crippen molar-refractivity contribution in [1.82, 2.24) is 25.1 Å². The maximum Gasteiger partial charge on any atom is 0.417 e. The highest BCUT2D eigenvalue weighted by molar-refractivity contribution is 7.19. The van der Waals surface area contributed by atoms with Gasteiger partial charge in [0.15, 0.2) is 0 Å². The minimum atomic E-state index is -0.642. The number of fused-ring (bicyclic) bond motifs is 3. The number of likely N-dealkylation sites (tertiary alicyclic amines) is 1. The maximum atomic E-state index is 14.2. The van der Waals surface area contributed by atoms with Gasteiger partial charge in [-0.3, -0.25) is 9.78 Å². The Hall–Kier alpha value is -4.02. The molecule has 4 aromatic rings. The molecule has 1 saturated carbocycles. The largest absolute Gasteiger partial charge is 0.449 e. The number of urea groups is 1. The first kappa shape index (κ1) is 34.4. The summed E-state index contributed by atoms with van der Waals surface area (Å²) in [6.45, 7) is 14.5. The number of hydrogen-bond acceptors (Lipinski definition) is 7. The third-order valence-electron chi connectivity index (χ3n) is 11.3. The topological polar surface area (TPSA) is 108 Å². The summed E-state index contributed by atoms with van der Waals surface area (Å²) in [5.74, 6) is 0.753. The zero-order valence-electron chi connectivity index (χ0n) is 30.0. The van der Waals surface area contributed by atoms with E-state index in [-0.39, 0.29) is 43.0 Å². The quantitative estimate of drug-likeness (QED) is 0.184. The van der Waals surface area contributed by atoms with Crippen LogP contribution in [-0.2, 0) is 14.9 Å². The predicted molar refractivity (Wildman–Crippen MR) is 198 cm³/mol. The minimum absolute atomic E-state index is 0.0579. The second-order valence-corrected chi connectivity index (χ2v) is 16.3. The molecule has 3 aromatic heterocycles. The molecule has 1 aliphatic carbocycles. The van der Waals surface area contributed by atoms with Gasteiger partial charge in [0.25, 0.3) is 0 Å². The summed E-state index contributed by atoms with van der Waals surface area (Å²) in [4.78, 5) is 54.8. The number of rotatable bonds is 9. The fourth-order valence-electron chi connectivity index (χ4n) is 8.75. The third-order valence-corrected chi connectivity index (χ3v) is 12.7. The number of nitrogens with zero attached hydrogens (tertiary/aromatic N) is 3. The Morgan fingerprint density at radius 3 is 2.46 bits per heavy atom. The first-order chi connectivity index (χ1) is 24.0. The highest BCUT2D eigenvalue weighted by Crippen LogP contribution is 2.47. The first-order valence-corrected chi connectivity index (χ1v) is 18.9. The van der Waals surface area contributed by atoms with Gasteiger partial charge in [-0.05, 0) is 113 Å². The summed E-state index contributed by atoms with van der Waals surface area (Å²) < 4.78 is 5.48. The molecular weight excluding hydrogens is 647 g/mol. The number of aromatic nitrogens is 2. The molecule has 50 heavy (non-hydrogen) atoms. The fourth-order valence-corrected chi connectivity index (χ4v) is 9.94. The Morgan fingerprint density at radius 1 is 1.08 bits per heavy atom. The lowest BCUT2D eigenvalue weighted by molar-refractivity contribution is -0.128. The van der Waals surface area contributed by atoms with Crippen LogP contribution < -0.4 is 5.32 Å². The van der Waals surface area contributed by atoms with Crippen LogP contribution in [0.5, 0.6) is 0 Å². The average Bonchev–Trinajstić information content (AvgIpc) is 3.93. The number of piperidine rings is 1. The average molecular weight is 696 g/mol. The summed E-state index contributed by atoms with van der Waals surface area (Å²) >= 11 is 1.65. The van der Waals surface area contributed by atoms with Crippen molar-refractivity contribution in [3.63, 3.8) is 0 Å². The van der Waals surface area contributed by atoms with Crippen molar-refractivity contribution in [1.29, 1.82) is 0 Å². The van der Waals surface area contributed by atoms with Crippen LogP contribution in [0, 0.1) is 25.7 Å². The number of aryl methyl sites for hydroxylation is 2. The van der Waals surface area contributed by atoms with Crippen molar-refractivity contribution in [2.75, 3.05) is 32.8 Å². The van der Waals surface area contributed by atoms with Crippen molar-refractivity contribution in [3.8, 4) is 11.3 Å². The molecule has 3 amide bonds. The lowest BCUT2D eigenvalue weighted by Crippen LogP contribution is -2.47. The Morgan fingerprint density at radius 2 is 1.82 bits per heavy atom. The summed E-state index contributed by atoms with van der Waals surface area (Å²) in [6, 6.07) is 12.6. The number of nitrogens with one attached hydrogen (secondary N) is 2. The fraction of sp³-hybridized carbons (Fsp3) is 0.500. The summed E-state index contributed by atoms with van der Waals surface area (Å²) in [5.41, 5.74) is 5.90. The van der Waals surface area contributed by atoms with Crippen molar-refractivity contribution in [2.24, 2.45) is 11.8 Å². The number of imide groups is 1. The molecular formula is C40H49N5O4S. The molecule has 3 fully saturated rings. The van der Waals surface area contributed by atoms with Crippen LogP contribution in [-0.4, -0.2) is 76.5 Å². The Labute approximate surface area is 298 Å². The molecule has 0 radical (unpaired) electrons. The van der Waals surface area contributed by atoms with Crippen molar-refractivity contribution >= 4 is 39.5 Å². The summed E-state index contributed by atoms with van der Waals surface area (Å²) in [6.07, 6.45) is 5.94. The molecule has 2 bridgehead atoms. The zero-order valence-corrected chi connectivity index (χ0v) is 30.9. The van der Waals surface area contributed by atoms with Crippen LogP contribution in [0.1, 0.15) is 85.9 Å². The van der Waals surface area contributed by atoms with Gasteiger partial charge in [-0.2, -0.15) is 0 Å². The third kappa shape index (κ3) is 6.25. The van der Waals surface area contributed by atoms with Crippen LogP contribution in [0.25, 0.3) is 21.5 Å². The molecule has 5 unspecified atom stereocenters. The Bertz CT molecular complexity index is 1870. The molecule has 10 heteroatoms. The van der Waals surface area contributed by atoms with E-state index in [4.69, 9.17) is 4.74 Å². The molecule has 0 spiro atoms. The molecule has 1 aromatic carbocycles. The van der Waals surface area contributed by atoms with E-state index in [0.717, 1.165) is 74.4 Å². The number of H-pyrrole nitrogens is 1. The van der Waals surface area contributed by atoms with E-state index >= 15 is 0 Å². The van der Waals surface area contributed by atoms with Crippen LogP contribution >= 0.6 is 11.3 Å². The molecule has 7 rings (SSSR count). The molecule has 5 heterocycles. The second kappa shape index (κ2) is 13.6. The van der Waals surface area contributed by atoms with E-state index in [9.17, 15) is 14.4 Å². The SMILES string of the molecule is CCOC(=O)N(CC(C)c1c(-c2cc(C)cc(C)c2)[nH]c2sc(C(C)(C)C(=O)C3C4CCC3NC4)cc12)C(=O)N1CCC(c2ccncc2)C1. The number of Topliss-reactive ketones (excluding diaryl/α,β-unsaturated/α-hetero) is 1. The zero-order chi connectivity index (χ0) is 35.3. The normalized spacial score (nSPS) is 22.3. The van der Waals surface area contributed by atoms with Gasteiger partial charge >= 0.3 is 12.1 Å². The number of carbonyl (C=O) groups is 3. The van der Waals surface area contributed by atoms with Crippen LogP contribution in [0.4, 0.5) is 9.59 Å². The van der Waals surface area contributed by atoms with Crippen LogP contribution in [0.3, 0.4) is 0 Å². The lowest BCUT2D eigenvalue weighted by atomic mass is 9.76. The number of amides is 3. The number of carbonyl (C=O) groups excluding carboxylic acids is 3. The first-order valence-electron chi connectivity index (χ1n) is 18.1. The van der Waals surface area contributed by atoms with Crippen molar-refractivity contribution < 1.29 is 19.1 Å². The molecule has 2 saturated heterocycles. The van der Waals surface area contributed by atoms with E-state index in [1.165, 1.54) is 4.90 Å². The maximum absolute atomic E-state index is 14.2. The van der Waals surface area contributed by atoms with Crippen LogP contribution in [0.2, 0.25) is 0 Å². The minimum Gasteiger partial charge on any atom is -0.449 e. The highest BCUT2D eigenvalue weighted by atomic mass is 32.1. The number of hydrogen-bond donors (Lipinski definition) is 2. The number of thiophene rings is 1. The second-order valence-electron chi connectivity index (χ2n) is 15.2.